The van der Waals surface area contributed by atoms with Crippen LogP contribution < -0.4 is 0 Å². The molecule has 0 fully saturated rings. The first-order valence-electron chi connectivity index (χ1n) is 7.00. The van der Waals surface area contributed by atoms with Gasteiger partial charge in [0.25, 0.3) is 0 Å². The van der Waals surface area contributed by atoms with Crippen LogP contribution in [0.15, 0.2) is 0 Å². The summed E-state index contributed by atoms with van der Waals surface area (Å²) in [6, 6.07) is 0. The molecular weight excluding hydrogens is 296 g/mol. The fourth-order valence-electron chi connectivity index (χ4n) is 1.27. The Balaban J connectivity index is 4.10. The average Bonchev–Trinajstić information content (AvgIpc) is 2.31. The van der Waals surface area contributed by atoms with Crippen LogP contribution in [0.3, 0.4) is 0 Å². The fraction of sp³-hybridized carbons (Fsp3) is 1.00. The Kier molecular flexibility index (Phi) is 12.5. The van der Waals surface area contributed by atoms with Crippen LogP contribution in [0.2, 0.25) is 26.2 Å². The monoisotopic (exact) mass is 326 g/mol. The van der Waals surface area contributed by atoms with Crippen molar-refractivity contribution in [3.05, 3.63) is 0 Å². The Morgan fingerprint density at radius 3 is 1.33 bits per heavy atom. The molecule has 0 bridgehead atoms. The van der Waals surface area contributed by atoms with Crippen molar-refractivity contribution >= 4 is 39.2 Å². The third-order valence-electron chi connectivity index (χ3n) is 2.76. The maximum atomic E-state index is 5.61. The van der Waals surface area contributed by atoms with Crippen molar-refractivity contribution in [2.24, 2.45) is 0 Å². The van der Waals surface area contributed by atoms with Gasteiger partial charge in [0.15, 0.2) is 0 Å². The van der Waals surface area contributed by atoms with Gasteiger partial charge in [0.1, 0.15) is 0 Å². The van der Waals surface area contributed by atoms with Crippen LogP contribution in [0.25, 0.3) is 0 Å². The van der Waals surface area contributed by atoms with Crippen molar-refractivity contribution < 1.29 is 9.47 Å². The molecule has 0 radical (unpaired) electrons. The molecule has 2 unspecified atom stereocenters. The van der Waals surface area contributed by atoms with Crippen molar-refractivity contribution in [3.8, 4) is 0 Å². The Hall–Kier alpha value is 1.05. The summed E-state index contributed by atoms with van der Waals surface area (Å²) in [5, 5.41) is 0. The highest BCUT2D eigenvalue weighted by molar-refractivity contribution is 8.77. The molecule has 0 saturated carbocycles. The van der Waals surface area contributed by atoms with Crippen LogP contribution in [0.4, 0.5) is 0 Å². The molecule has 0 aliphatic rings. The van der Waals surface area contributed by atoms with Crippen LogP contribution in [0, 0.1) is 0 Å². The molecular formula is C12H30O2S2Si2. The largest absolute Gasteiger partial charge is 0.381 e. The van der Waals surface area contributed by atoms with E-state index < -0.39 is 17.6 Å². The van der Waals surface area contributed by atoms with E-state index in [2.05, 4.69) is 61.6 Å². The molecule has 0 aromatic heterocycles. The zero-order chi connectivity index (χ0) is 14.0. The van der Waals surface area contributed by atoms with Crippen molar-refractivity contribution in [3.63, 3.8) is 0 Å². The Morgan fingerprint density at radius 1 is 0.778 bits per heavy atom. The van der Waals surface area contributed by atoms with E-state index >= 15 is 0 Å². The summed E-state index contributed by atoms with van der Waals surface area (Å²) in [7, 11) is 2.84. The lowest BCUT2D eigenvalue weighted by atomic mass is 10.8. The summed E-state index contributed by atoms with van der Waals surface area (Å²) in [6.07, 6.45) is 0. The normalized spacial score (nSPS) is 15.3. The highest BCUT2D eigenvalue weighted by Gasteiger charge is 2.21. The fourth-order valence-corrected chi connectivity index (χ4v) is 11.0. The maximum Gasteiger partial charge on any atom is 0.0564 e. The third-order valence-corrected chi connectivity index (χ3v) is 14.1. The molecule has 0 heterocycles. The molecule has 0 aliphatic heterocycles. The molecule has 0 rings (SSSR count). The van der Waals surface area contributed by atoms with Crippen LogP contribution in [0.1, 0.15) is 13.8 Å². The van der Waals surface area contributed by atoms with Crippen molar-refractivity contribution in [2.75, 3.05) is 26.4 Å². The molecule has 0 N–H and O–H groups in total. The second-order valence-corrected chi connectivity index (χ2v) is 15.4. The predicted molar refractivity (Wildman–Crippen MR) is 93.5 cm³/mol. The molecule has 2 nitrogen and oxygen atoms in total. The van der Waals surface area contributed by atoms with Gasteiger partial charge in [-0.25, -0.2) is 0 Å². The maximum absolute atomic E-state index is 5.61. The number of ether oxygens (including phenoxy) is 2. The van der Waals surface area contributed by atoms with Crippen molar-refractivity contribution in [1.82, 2.24) is 0 Å². The first-order chi connectivity index (χ1) is 8.52. The first kappa shape index (κ1) is 19.1. The van der Waals surface area contributed by atoms with Crippen molar-refractivity contribution in [1.29, 1.82) is 0 Å². The zero-order valence-corrected chi connectivity index (χ0v) is 16.7. The van der Waals surface area contributed by atoms with E-state index in [0.29, 0.717) is 0 Å². The number of hydrogen-bond donors (Lipinski definition) is 0. The first-order valence-corrected chi connectivity index (χ1v) is 15.2. The molecule has 0 saturated heterocycles. The Labute approximate surface area is 125 Å². The van der Waals surface area contributed by atoms with Gasteiger partial charge in [-0.15, -0.1) is 0 Å². The summed E-state index contributed by atoms with van der Waals surface area (Å²) < 4.78 is 11.2. The van der Waals surface area contributed by atoms with Crippen LogP contribution in [-0.4, -0.2) is 53.8 Å². The topological polar surface area (TPSA) is 18.5 Å². The van der Waals surface area contributed by atoms with Gasteiger partial charge < -0.3 is 9.47 Å². The SMILES string of the molecule is CCOCC(SSC(COCC)[SiH](C)C)[SiH](C)C. The average molecular weight is 327 g/mol. The van der Waals surface area contributed by atoms with E-state index in [1.807, 2.05) is 0 Å². The Bertz CT molecular complexity index is 175. The quantitative estimate of drug-likeness (QED) is 0.428. The smallest absolute Gasteiger partial charge is 0.0564 e. The second-order valence-electron chi connectivity index (χ2n) is 5.08. The van der Waals surface area contributed by atoms with E-state index in [1.54, 1.807) is 0 Å². The van der Waals surface area contributed by atoms with Gasteiger partial charge in [-0.05, 0) is 13.8 Å². The van der Waals surface area contributed by atoms with Gasteiger partial charge in [0.05, 0.1) is 13.2 Å². The van der Waals surface area contributed by atoms with E-state index in [4.69, 9.17) is 9.47 Å². The molecule has 0 aliphatic carbocycles. The minimum Gasteiger partial charge on any atom is -0.381 e. The summed E-state index contributed by atoms with van der Waals surface area (Å²) in [4.78, 5) is 1.46. The summed E-state index contributed by atoms with van der Waals surface area (Å²) in [6.45, 7) is 17.4. The second kappa shape index (κ2) is 11.8. The van der Waals surface area contributed by atoms with Gasteiger partial charge in [-0.1, -0.05) is 47.8 Å². The molecule has 18 heavy (non-hydrogen) atoms. The molecule has 0 amide bonds. The van der Waals surface area contributed by atoms with Crippen LogP contribution in [0.5, 0.6) is 0 Å². The van der Waals surface area contributed by atoms with Gasteiger partial charge in [-0.2, -0.15) is 0 Å². The minimum atomic E-state index is -0.643. The lowest BCUT2D eigenvalue weighted by Crippen LogP contribution is -2.29. The molecule has 6 heteroatoms. The zero-order valence-electron chi connectivity index (χ0n) is 12.8. The van der Waals surface area contributed by atoms with Crippen LogP contribution in [-0.2, 0) is 9.47 Å². The minimum absolute atomic E-state index is 0.643. The van der Waals surface area contributed by atoms with Gasteiger partial charge in [0, 0.05) is 40.6 Å². The molecule has 2 atom stereocenters. The van der Waals surface area contributed by atoms with Gasteiger partial charge in [-0.3, -0.25) is 0 Å². The summed E-state index contributed by atoms with van der Waals surface area (Å²) in [5.41, 5.74) is 0. The Morgan fingerprint density at radius 2 is 1.11 bits per heavy atom. The van der Waals surface area contributed by atoms with E-state index in [9.17, 15) is 0 Å². The van der Waals surface area contributed by atoms with Gasteiger partial charge >= 0.3 is 0 Å². The molecule has 0 aromatic rings. The highest BCUT2D eigenvalue weighted by Crippen LogP contribution is 2.34. The number of rotatable bonds is 11. The van der Waals surface area contributed by atoms with E-state index in [1.165, 1.54) is 0 Å². The van der Waals surface area contributed by atoms with Gasteiger partial charge in [0.2, 0.25) is 0 Å². The standard InChI is InChI=1S/C12H30O2S2Si2/c1-7-13-9-11(17(3)4)15-16-12(18(5)6)10-14-8-2/h11-12,17-18H,7-10H2,1-6H3. The third kappa shape index (κ3) is 9.04. The lowest BCUT2D eigenvalue weighted by molar-refractivity contribution is 0.158. The summed E-state index contributed by atoms with van der Waals surface area (Å²) in [5.74, 6) is 0. The van der Waals surface area contributed by atoms with Crippen LogP contribution >= 0.6 is 21.6 Å². The van der Waals surface area contributed by atoms with E-state index in [0.717, 1.165) is 36.2 Å². The lowest BCUT2D eigenvalue weighted by Gasteiger charge is -2.23. The highest BCUT2D eigenvalue weighted by atomic mass is 33.1. The van der Waals surface area contributed by atoms with E-state index in [-0.39, 0.29) is 0 Å². The van der Waals surface area contributed by atoms with Crippen molar-refractivity contribution in [2.45, 2.75) is 49.8 Å². The molecule has 0 spiro atoms. The number of hydrogen-bond acceptors (Lipinski definition) is 4. The summed E-state index contributed by atoms with van der Waals surface area (Å²) >= 11 is 0. The molecule has 110 valence electrons. The molecule has 0 aromatic carbocycles. The predicted octanol–water partition coefficient (Wildman–Crippen LogP) is 3.23.